The molecular formula is C24H28BrNO4S. The van der Waals surface area contributed by atoms with E-state index in [0.29, 0.717) is 22.2 Å². The van der Waals surface area contributed by atoms with Crippen molar-refractivity contribution in [1.29, 1.82) is 0 Å². The van der Waals surface area contributed by atoms with Crippen molar-refractivity contribution in [2.75, 3.05) is 19.5 Å². The van der Waals surface area contributed by atoms with Gasteiger partial charge in [-0.3, -0.25) is 4.79 Å². The minimum absolute atomic E-state index is 0.197. The van der Waals surface area contributed by atoms with E-state index in [-0.39, 0.29) is 11.3 Å². The third kappa shape index (κ3) is 5.39. The topological polar surface area (TPSA) is 64.6 Å². The molecular weight excluding hydrogens is 478 g/mol. The van der Waals surface area contributed by atoms with Crippen molar-refractivity contribution in [2.45, 2.75) is 40.0 Å². The Morgan fingerprint density at radius 2 is 2.00 bits per heavy atom. The molecule has 0 fully saturated rings. The molecule has 2 aromatic rings. The summed E-state index contributed by atoms with van der Waals surface area (Å²) in [7, 11) is 2.96. The average Bonchev–Trinajstić information content (AvgIpc) is 3.08. The Morgan fingerprint density at radius 3 is 2.65 bits per heavy atom. The van der Waals surface area contributed by atoms with Crippen molar-refractivity contribution >= 4 is 50.2 Å². The molecule has 0 saturated carbocycles. The maximum atomic E-state index is 12.7. The zero-order valence-corrected chi connectivity index (χ0v) is 20.9. The van der Waals surface area contributed by atoms with Gasteiger partial charge in [0.25, 0.3) is 0 Å². The predicted octanol–water partition coefficient (Wildman–Crippen LogP) is 6.11. The highest BCUT2D eigenvalue weighted by Crippen LogP contribution is 2.44. The first-order valence-electron chi connectivity index (χ1n) is 10.2. The number of esters is 1. The summed E-state index contributed by atoms with van der Waals surface area (Å²) in [4.78, 5) is 26.4. The van der Waals surface area contributed by atoms with E-state index in [1.54, 1.807) is 13.2 Å². The fourth-order valence-electron chi connectivity index (χ4n) is 3.89. The van der Waals surface area contributed by atoms with E-state index < -0.39 is 5.97 Å². The van der Waals surface area contributed by atoms with Gasteiger partial charge in [-0.25, -0.2) is 4.79 Å². The molecule has 0 saturated heterocycles. The number of methoxy groups -OCH3 is 2. The summed E-state index contributed by atoms with van der Waals surface area (Å²) in [6, 6.07) is 5.58. The minimum atomic E-state index is -0.403. The summed E-state index contributed by atoms with van der Waals surface area (Å²) in [6.07, 6.45) is 5.89. The predicted molar refractivity (Wildman–Crippen MR) is 129 cm³/mol. The normalized spacial score (nSPS) is 16.1. The van der Waals surface area contributed by atoms with Gasteiger partial charge in [0.2, 0.25) is 5.91 Å². The maximum absolute atomic E-state index is 12.7. The fourth-order valence-corrected chi connectivity index (χ4v) is 5.58. The van der Waals surface area contributed by atoms with Gasteiger partial charge in [-0.2, -0.15) is 0 Å². The zero-order valence-electron chi connectivity index (χ0n) is 18.5. The molecule has 3 rings (SSSR count). The summed E-state index contributed by atoms with van der Waals surface area (Å²) in [5.74, 6) is 0.497. The summed E-state index contributed by atoms with van der Waals surface area (Å²) < 4.78 is 11.3. The molecule has 0 radical (unpaired) electrons. The number of rotatable bonds is 5. The van der Waals surface area contributed by atoms with Crippen molar-refractivity contribution < 1.29 is 19.1 Å². The molecule has 1 aliphatic carbocycles. The van der Waals surface area contributed by atoms with Crippen LogP contribution in [0.15, 0.2) is 28.7 Å². The molecule has 1 aromatic carbocycles. The Morgan fingerprint density at radius 1 is 1.26 bits per heavy atom. The molecule has 0 spiro atoms. The summed E-state index contributed by atoms with van der Waals surface area (Å²) in [5, 5.41) is 3.46. The van der Waals surface area contributed by atoms with Crippen LogP contribution < -0.4 is 10.1 Å². The highest BCUT2D eigenvalue weighted by atomic mass is 79.9. The van der Waals surface area contributed by atoms with Gasteiger partial charge in [-0.15, -0.1) is 11.3 Å². The quantitative estimate of drug-likeness (QED) is 0.393. The van der Waals surface area contributed by atoms with Crippen LogP contribution >= 0.6 is 27.3 Å². The molecule has 0 bridgehead atoms. The third-order valence-electron chi connectivity index (χ3n) is 5.72. The van der Waals surface area contributed by atoms with Crippen molar-refractivity contribution in [3.63, 3.8) is 0 Å². The monoisotopic (exact) mass is 505 g/mol. The van der Waals surface area contributed by atoms with Gasteiger partial charge in [0, 0.05) is 21.0 Å². The number of benzene rings is 1. The van der Waals surface area contributed by atoms with E-state index in [9.17, 15) is 9.59 Å². The molecule has 166 valence electrons. The SMILES string of the molecule is COC(=O)c1c(NC(=O)/C=C/c2cc(Br)ccc2OC)sc2c1CCC(C(C)(C)C)C2. The van der Waals surface area contributed by atoms with Gasteiger partial charge in [0.05, 0.1) is 19.8 Å². The van der Waals surface area contributed by atoms with Crippen LogP contribution in [0.3, 0.4) is 0 Å². The molecule has 5 nitrogen and oxygen atoms in total. The molecule has 1 heterocycles. The Bertz CT molecular complexity index is 1020. The van der Waals surface area contributed by atoms with Crippen molar-refractivity contribution in [1.82, 2.24) is 0 Å². The van der Waals surface area contributed by atoms with E-state index in [1.807, 2.05) is 18.2 Å². The average molecular weight is 506 g/mol. The van der Waals surface area contributed by atoms with Gasteiger partial charge < -0.3 is 14.8 Å². The van der Waals surface area contributed by atoms with Gasteiger partial charge in [-0.05, 0) is 60.4 Å². The Balaban J connectivity index is 1.86. The van der Waals surface area contributed by atoms with Crippen molar-refractivity contribution in [3.05, 3.63) is 50.3 Å². The van der Waals surface area contributed by atoms with Gasteiger partial charge in [-0.1, -0.05) is 36.7 Å². The molecule has 1 aliphatic rings. The fraction of sp³-hybridized carbons (Fsp3) is 0.417. The number of hydrogen-bond acceptors (Lipinski definition) is 5. The van der Waals surface area contributed by atoms with Gasteiger partial charge in [0.1, 0.15) is 10.8 Å². The second-order valence-corrected chi connectivity index (χ2v) is 10.7. The lowest BCUT2D eigenvalue weighted by molar-refractivity contribution is -0.111. The van der Waals surface area contributed by atoms with Crippen LogP contribution in [0.1, 0.15) is 53.6 Å². The second kappa shape index (κ2) is 9.57. The molecule has 1 amide bonds. The number of carbonyl (C=O) groups excluding carboxylic acids is 2. The minimum Gasteiger partial charge on any atom is -0.496 e. The number of hydrogen-bond donors (Lipinski definition) is 1. The third-order valence-corrected chi connectivity index (χ3v) is 7.39. The highest BCUT2D eigenvalue weighted by molar-refractivity contribution is 9.10. The molecule has 0 aliphatic heterocycles. The van der Waals surface area contributed by atoms with E-state index in [4.69, 9.17) is 9.47 Å². The summed E-state index contributed by atoms with van der Waals surface area (Å²) in [6.45, 7) is 6.75. The number of anilines is 1. The van der Waals surface area contributed by atoms with Crippen LogP contribution in [-0.2, 0) is 22.4 Å². The number of thiophene rings is 1. The van der Waals surface area contributed by atoms with Crippen LogP contribution in [0.25, 0.3) is 6.08 Å². The van der Waals surface area contributed by atoms with Gasteiger partial charge >= 0.3 is 5.97 Å². The number of fused-ring (bicyclic) bond motifs is 1. The van der Waals surface area contributed by atoms with E-state index in [1.165, 1.54) is 29.4 Å². The highest BCUT2D eigenvalue weighted by Gasteiger charge is 2.34. The summed E-state index contributed by atoms with van der Waals surface area (Å²) >= 11 is 4.92. The Kier molecular flexibility index (Phi) is 7.27. The lowest BCUT2D eigenvalue weighted by atomic mass is 9.72. The lowest BCUT2D eigenvalue weighted by Crippen LogP contribution is -2.26. The molecule has 1 N–H and O–H groups in total. The zero-order chi connectivity index (χ0) is 22.8. The number of amides is 1. The van der Waals surface area contributed by atoms with Gasteiger partial charge in [0.15, 0.2) is 0 Å². The summed E-state index contributed by atoms with van der Waals surface area (Å²) in [5.41, 5.74) is 2.49. The van der Waals surface area contributed by atoms with Crippen molar-refractivity contribution in [2.24, 2.45) is 11.3 Å². The lowest BCUT2D eigenvalue weighted by Gasteiger charge is -2.33. The molecule has 7 heteroatoms. The second-order valence-electron chi connectivity index (χ2n) is 8.71. The first-order valence-corrected chi connectivity index (χ1v) is 11.8. The number of halogens is 1. The van der Waals surface area contributed by atoms with Crippen LogP contribution in [0.5, 0.6) is 5.75 Å². The molecule has 1 unspecified atom stereocenters. The molecule has 1 aromatic heterocycles. The van der Waals surface area contributed by atoms with Crippen LogP contribution in [0.4, 0.5) is 5.00 Å². The first kappa shape index (κ1) is 23.5. The Labute approximate surface area is 196 Å². The van der Waals surface area contributed by atoms with E-state index in [0.717, 1.165) is 34.9 Å². The largest absolute Gasteiger partial charge is 0.496 e. The smallest absolute Gasteiger partial charge is 0.341 e. The van der Waals surface area contributed by atoms with Crippen molar-refractivity contribution in [3.8, 4) is 5.75 Å². The number of nitrogens with one attached hydrogen (secondary N) is 1. The van der Waals surface area contributed by atoms with E-state index in [2.05, 4.69) is 42.0 Å². The van der Waals surface area contributed by atoms with Crippen LogP contribution in [0, 0.1) is 11.3 Å². The number of ether oxygens (including phenoxy) is 2. The standard InChI is InChI=1S/C24H28BrNO4S/c1-24(2,3)15-7-9-17-19(13-15)31-22(21(17)23(28)30-5)26-20(27)11-6-14-12-16(25)8-10-18(14)29-4/h6,8,10-12,15H,7,9,13H2,1-5H3,(H,26,27)/b11-6+. The first-order chi connectivity index (χ1) is 14.6. The molecule has 31 heavy (non-hydrogen) atoms. The number of carbonyl (C=O) groups is 2. The molecule has 1 atom stereocenters. The van der Waals surface area contributed by atoms with E-state index >= 15 is 0 Å². The Hall–Kier alpha value is -2.12. The van der Waals surface area contributed by atoms with Crippen LogP contribution in [-0.4, -0.2) is 26.1 Å². The van der Waals surface area contributed by atoms with Crippen LogP contribution in [0.2, 0.25) is 0 Å². The maximum Gasteiger partial charge on any atom is 0.341 e.